The molecule has 2 aromatic heterocycles. The van der Waals surface area contributed by atoms with Crippen molar-refractivity contribution in [3.63, 3.8) is 0 Å². The first-order valence-electron chi connectivity index (χ1n) is 13.1. The Bertz CT molecular complexity index is 1270. The molecule has 37 heavy (non-hydrogen) atoms. The van der Waals surface area contributed by atoms with Crippen LogP contribution >= 0.6 is 0 Å². The van der Waals surface area contributed by atoms with Crippen molar-refractivity contribution in [3.05, 3.63) is 42.2 Å². The molecule has 0 spiro atoms. The van der Waals surface area contributed by atoms with E-state index in [0.29, 0.717) is 48.4 Å². The zero-order chi connectivity index (χ0) is 26.3. The molecule has 1 aromatic carbocycles. The summed E-state index contributed by atoms with van der Waals surface area (Å²) in [6, 6.07) is 8.72. The minimum Gasteiger partial charge on any atom is -0.387 e. The van der Waals surface area contributed by atoms with E-state index in [1.807, 2.05) is 6.20 Å². The number of hydrogen-bond donors (Lipinski definition) is 2. The van der Waals surface area contributed by atoms with Crippen molar-refractivity contribution in [1.29, 1.82) is 0 Å². The number of benzene rings is 1. The van der Waals surface area contributed by atoms with Crippen molar-refractivity contribution >= 4 is 34.0 Å². The molecule has 0 bridgehead atoms. The summed E-state index contributed by atoms with van der Waals surface area (Å²) in [6.45, 7) is 10.5. The molecule has 2 fully saturated rings. The fourth-order valence-electron chi connectivity index (χ4n) is 5.36. The van der Waals surface area contributed by atoms with Crippen molar-refractivity contribution < 1.29 is 14.2 Å². The van der Waals surface area contributed by atoms with Gasteiger partial charge in [0.05, 0.1) is 18.8 Å². The van der Waals surface area contributed by atoms with Crippen molar-refractivity contribution in [1.82, 2.24) is 15.0 Å². The zero-order valence-corrected chi connectivity index (χ0v) is 22.3. The number of rotatable bonds is 7. The molecule has 0 aliphatic carbocycles. The molecule has 0 unspecified atom stereocenters. The van der Waals surface area contributed by atoms with Crippen molar-refractivity contribution in [2.24, 2.45) is 5.92 Å². The number of anilines is 4. The first-order valence-corrected chi connectivity index (χ1v) is 13.1. The molecule has 2 aliphatic rings. The van der Waals surface area contributed by atoms with Crippen LogP contribution in [0.25, 0.3) is 10.8 Å². The Morgan fingerprint density at radius 3 is 2.70 bits per heavy atom. The number of nitrogens with zero attached hydrogens (tertiary/aromatic N) is 5. The van der Waals surface area contributed by atoms with Gasteiger partial charge in [-0.05, 0) is 55.3 Å². The lowest BCUT2D eigenvalue weighted by molar-refractivity contribution is -0.0332. The van der Waals surface area contributed by atoms with Crippen LogP contribution < -0.4 is 15.1 Å². The molecular weight excluding hydrogens is 471 g/mol. The summed E-state index contributed by atoms with van der Waals surface area (Å²) in [5.41, 5.74) is 1.15. The van der Waals surface area contributed by atoms with Gasteiger partial charge in [0.2, 0.25) is 5.95 Å². The minimum atomic E-state index is -1.36. The maximum atomic E-state index is 14.4. The molecule has 0 radical (unpaired) electrons. The van der Waals surface area contributed by atoms with Crippen LogP contribution in [0.2, 0.25) is 0 Å². The Hall–Kier alpha value is -3.04. The molecule has 2 N–H and O–H groups in total. The summed E-state index contributed by atoms with van der Waals surface area (Å²) in [4.78, 5) is 17.9. The normalized spacial score (nSPS) is 26.0. The van der Waals surface area contributed by atoms with Gasteiger partial charge in [-0.3, -0.25) is 0 Å². The monoisotopic (exact) mass is 508 g/mol. The van der Waals surface area contributed by atoms with Gasteiger partial charge in [-0.1, -0.05) is 19.9 Å². The Labute approximate surface area is 217 Å². The molecule has 4 atom stereocenters. The lowest BCUT2D eigenvalue weighted by Gasteiger charge is -2.48. The maximum Gasteiger partial charge on any atom is 0.227 e. The maximum absolute atomic E-state index is 14.4. The average Bonchev–Trinajstić information content (AvgIpc) is 2.87. The second-order valence-electron chi connectivity index (χ2n) is 10.9. The molecule has 0 amide bonds. The summed E-state index contributed by atoms with van der Waals surface area (Å²) < 4.78 is 19.8. The lowest BCUT2D eigenvalue weighted by Crippen LogP contribution is -2.56. The van der Waals surface area contributed by atoms with Crippen LogP contribution in [0.15, 0.2) is 36.7 Å². The van der Waals surface area contributed by atoms with Gasteiger partial charge in [-0.2, -0.15) is 4.98 Å². The minimum absolute atomic E-state index is 0.0609. The van der Waals surface area contributed by atoms with E-state index in [0.717, 1.165) is 18.5 Å². The Morgan fingerprint density at radius 2 is 2.00 bits per heavy atom. The van der Waals surface area contributed by atoms with Crippen molar-refractivity contribution in [2.75, 3.05) is 48.5 Å². The fraction of sp³-hybridized carbons (Fsp3) is 0.536. The standard InChI is InChI=1S/C28H37FN6O2/c1-17(2)20-6-7-23(35-14-19(16-37-5)18(35)3)22-13-31-26(12-21(20)22)32-25-8-10-30-27(33-25)34-11-9-28(4,36)24(29)15-34/h6-8,10,12-13,17-19,24,36H,9,11,14-16H2,1-5H3,(H,30,31,32,33)/t18-,19-,24+,28-/m1/s1. The van der Waals surface area contributed by atoms with Gasteiger partial charge in [-0.15, -0.1) is 0 Å². The quantitative estimate of drug-likeness (QED) is 0.477. The summed E-state index contributed by atoms with van der Waals surface area (Å²) in [5.74, 6) is 2.61. The Kier molecular flexibility index (Phi) is 6.93. The van der Waals surface area contributed by atoms with E-state index in [-0.39, 0.29) is 6.54 Å². The summed E-state index contributed by atoms with van der Waals surface area (Å²) in [6.07, 6.45) is 2.57. The largest absolute Gasteiger partial charge is 0.387 e. The van der Waals surface area contributed by atoms with Gasteiger partial charge in [0.15, 0.2) is 0 Å². The number of ether oxygens (including phenoxy) is 1. The number of aliphatic hydroxyl groups is 1. The van der Waals surface area contributed by atoms with E-state index in [1.54, 1.807) is 24.3 Å². The Morgan fingerprint density at radius 1 is 1.19 bits per heavy atom. The topological polar surface area (TPSA) is 86.6 Å². The predicted molar refractivity (Wildman–Crippen MR) is 146 cm³/mol. The second-order valence-corrected chi connectivity index (χ2v) is 10.9. The van der Waals surface area contributed by atoms with E-state index >= 15 is 0 Å². The highest BCUT2D eigenvalue weighted by molar-refractivity contribution is 5.98. The van der Waals surface area contributed by atoms with Crippen molar-refractivity contribution in [2.45, 2.75) is 57.8 Å². The summed E-state index contributed by atoms with van der Waals surface area (Å²) in [5, 5.41) is 15.8. The molecular formula is C28H37FN6O2. The third-order valence-corrected chi connectivity index (χ3v) is 7.95. The predicted octanol–water partition coefficient (Wildman–Crippen LogP) is 4.66. The van der Waals surface area contributed by atoms with Crippen LogP contribution in [0.4, 0.5) is 27.7 Å². The second kappa shape index (κ2) is 10.0. The van der Waals surface area contributed by atoms with Crippen LogP contribution in [0.5, 0.6) is 0 Å². The van der Waals surface area contributed by atoms with Gasteiger partial charge in [0.25, 0.3) is 0 Å². The van der Waals surface area contributed by atoms with E-state index in [9.17, 15) is 9.50 Å². The molecule has 2 aliphatic heterocycles. The molecule has 0 saturated carbocycles. The van der Waals surface area contributed by atoms with E-state index < -0.39 is 11.8 Å². The van der Waals surface area contributed by atoms with Gasteiger partial charge in [0, 0.05) is 55.6 Å². The van der Waals surface area contributed by atoms with E-state index in [4.69, 9.17) is 9.72 Å². The molecule has 8 nitrogen and oxygen atoms in total. The third-order valence-electron chi connectivity index (χ3n) is 7.95. The summed E-state index contributed by atoms with van der Waals surface area (Å²) >= 11 is 0. The zero-order valence-electron chi connectivity index (χ0n) is 22.3. The van der Waals surface area contributed by atoms with Crippen LogP contribution in [0, 0.1) is 5.92 Å². The first-order chi connectivity index (χ1) is 17.7. The highest BCUT2D eigenvalue weighted by Gasteiger charge is 2.39. The lowest BCUT2D eigenvalue weighted by atomic mass is 9.88. The molecule has 5 rings (SSSR count). The number of halogens is 1. The molecule has 2 saturated heterocycles. The first kappa shape index (κ1) is 25.6. The average molecular weight is 509 g/mol. The number of fused-ring (bicyclic) bond motifs is 1. The number of piperidine rings is 1. The summed E-state index contributed by atoms with van der Waals surface area (Å²) in [7, 11) is 1.76. The van der Waals surface area contributed by atoms with E-state index in [2.05, 4.69) is 59.2 Å². The Balaban J connectivity index is 1.41. The van der Waals surface area contributed by atoms with E-state index in [1.165, 1.54) is 23.6 Å². The van der Waals surface area contributed by atoms with Gasteiger partial charge < -0.3 is 25.0 Å². The van der Waals surface area contributed by atoms with Crippen LogP contribution in [-0.2, 0) is 4.74 Å². The number of aromatic nitrogens is 3. The van der Waals surface area contributed by atoms with Gasteiger partial charge in [0.1, 0.15) is 17.8 Å². The van der Waals surface area contributed by atoms with Crippen LogP contribution in [-0.4, -0.2) is 71.2 Å². The molecule has 3 aromatic rings. The molecule has 4 heterocycles. The van der Waals surface area contributed by atoms with Crippen LogP contribution in [0.1, 0.15) is 45.6 Å². The number of hydrogen-bond acceptors (Lipinski definition) is 8. The molecule has 9 heteroatoms. The smallest absolute Gasteiger partial charge is 0.227 e. The number of methoxy groups -OCH3 is 1. The van der Waals surface area contributed by atoms with Gasteiger partial charge >= 0.3 is 0 Å². The highest BCUT2D eigenvalue weighted by atomic mass is 19.1. The SMILES string of the molecule is COC[C@H]1CN(c2ccc(C(C)C)c3cc(Nc4ccnc(N5CC[C@@](C)(O)[C@@H](F)C5)n4)ncc23)[C@@H]1C. The van der Waals surface area contributed by atoms with Gasteiger partial charge in [-0.25, -0.2) is 14.4 Å². The highest BCUT2D eigenvalue weighted by Crippen LogP contribution is 2.39. The number of nitrogens with one attached hydrogen (secondary N) is 1. The fourth-order valence-corrected chi connectivity index (χ4v) is 5.36. The van der Waals surface area contributed by atoms with Crippen LogP contribution in [0.3, 0.4) is 0 Å². The van der Waals surface area contributed by atoms with Crippen molar-refractivity contribution in [3.8, 4) is 0 Å². The number of alkyl halides is 1. The third kappa shape index (κ3) is 4.94. The molecule has 198 valence electrons. The number of pyridine rings is 1.